The number of hydrogen-bond acceptors (Lipinski definition) is 2. The number of halogens is 1. The highest BCUT2D eigenvalue weighted by Crippen LogP contribution is 2.32. The van der Waals surface area contributed by atoms with Crippen LogP contribution in [0.15, 0.2) is 22.7 Å². The molecule has 0 unspecified atom stereocenters. The van der Waals surface area contributed by atoms with E-state index in [1.165, 1.54) is 5.56 Å². The van der Waals surface area contributed by atoms with Gasteiger partial charge in [-0.1, -0.05) is 18.9 Å². The summed E-state index contributed by atoms with van der Waals surface area (Å²) in [7, 11) is 0. The van der Waals surface area contributed by atoms with Crippen LogP contribution < -0.4 is 4.74 Å². The van der Waals surface area contributed by atoms with Crippen molar-refractivity contribution in [1.82, 2.24) is 0 Å². The lowest BCUT2D eigenvalue weighted by Crippen LogP contribution is -2.32. The van der Waals surface area contributed by atoms with E-state index in [1.54, 1.807) is 0 Å². The van der Waals surface area contributed by atoms with Gasteiger partial charge in [0.1, 0.15) is 12.4 Å². The average molecular weight is 285 g/mol. The molecule has 0 radical (unpaired) electrons. The van der Waals surface area contributed by atoms with Gasteiger partial charge in [-0.15, -0.1) is 0 Å². The Hall–Kier alpha value is -0.540. The summed E-state index contributed by atoms with van der Waals surface area (Å²) in [5.41, 5.74) is 0.587. The molecule has 1 saturated carbocycles. The standard InChI is InChI=1S/C13H17BrO2/c1-10-4-5-12(11(14)8-10)16-9-13(15)6-2-3-7-13/h4-5,8,15H,2-3,6-7,9H2,1H3. The Bertz CT molecular complexity index is 370. The van der Waals surface area contributed by atoms with Gasteiger partial charge in [-0.05, 0) is 53.4 Å². The van der Waals surface area contributed by atoms with Gasteiger partial charge in [0.2, 0.25) is 0 Å². The molecule has 0 aromatic heterocycles. The van der Waals surface area contributed by atoms with E-state index < -0.39 is 5.60 Å². The Morgan fingerprint density at radius 2 is 2.06 bits per heavy atom. The molecule has 0 spiro atoms. The highest BCUT2D eigenvalue weighted by molar-refractivity contribution is 9.10. The van der Waals surface area contributed by atoms with Gasteiger partial charge in [-0.2, -0.15) is 0 Å². The van der Waals surface area contributed by atoms with Gasteiger partial charge >= 0.3 is 0 Å². The fraction of sp³-hybridized carbons (Fsp3) is 0.538. The number of aryl methyl sites for hydroxylation is 1. The van der Waals surface area contributed by atoms with Gasteiger partial charge in [0.05, 0.1) is 10.1 Å². The lowest BCUT2D eigenvalue weighted by molar-refractivity contribution is 0.00118. The first-order valence-corrected chi connectivity index (χ1v) is 6.50. The summed E-state index contributed by atoms with van der Waals surface area (Å²) < 4.78 is 6.63. The Morgan fingerprint density at radius 1 is 1.38 bits per heavy atom. The van der Waals surface area contributed by atoms with Crippen molar-refractivity contribution < 1.29 is 9.84 Å². The summed E-state index contributed by atoms with van der Waals surface area (Å²) in [6.45, 7) is 2.44. The van der Waals surface area contributed by atoms with E-state index in [0.29, 0.717) is 6.61 Å². The van der Waals surface area contributed by atoms with Crippen LogP contribution in [0.5, 0.6) is 5.75 Å². The summed E-state index contributed by atoms with van der Waals surface area (Å²) in [4.78, 5) is 0. The number of benzene rings is 1. The summed E-state index contributed by atoms with van der Waals surface area (Å²) >= 11 is 3.47. The quantitative estimate of drug-likeness (QED) is 0.921. The molecule has 1 aliphatic carbocycles. The van der Waals surface area contributed by atoms with Crippen molar-refractivity contribution in [2.75, 3.05) is 6.61 Å². The minimum absolute atomic E-state index is 0.397. The van der Waals surface area contributed by atoms with E-state index in [4.69, 9.17) is 4.74 Å². The molecular weight excluding hydrogens is 268 g/mol. The van der Waals surface area contributed by atoms with Crippen molar-refractivity contribution in [3.8, 4) is 5.75 Å². The van der Waals surface area contributed by atoms with Crippen LogP contribution in [0.1, 0.15) is 31.2 Å². The molecule has 1 fully saturated rings. The third kappa shape index (κ3) is 2.77. The fourth-order valence-corrected chi connectivity index (χ4v) is 2.72. The van der Waals surface area contributed by atoms with Crippen LogP contribution in [0.4, 0.5) is 0 Å². The van der Waals surface area contributed by atoms with E-state index in [0.717, 1.165) is 35.9 Å². The molecule has 0 amide bonds. The van der Waals surface area contributed by atoms with Gasteiger partial charge in [-0.25, -0.2) is 0 Å². The minimum atomic E-state index is -0.607. The smallest absolute Gasteiger partial charge is 0.133 e. The molecular formula is C13H17BrO2. The van der Waals surface area contributed by atoms with Gasteiger partial charge in [0.15, 0.2) is 0 Å². The molecule has 1 aromatic rings. The Balaban J connectivity index is 1.99. The third-order valence-electron chi connectivity index (χ3n) is 3.12. The molecule has 2 nitrogen and oxygen atoms in total. The van der Waals surface area contributed by atoms with Crippen molar-refractivity contribution >= 4 is 15.9 Å². The van der Waals surface area contributed by atoms with E-state index in [2.05, 4.69) is 15.9 Å². The topological polar surface area (TPSA) is 29.5 Å². The molecule has 0 atom stereocenters. The molecule has 1 aliphatic rings. The zero-order chi connectivity index (χ0) is 11.6. The van der Waals surface area contributed by atoms with E-state index >= 15 is 0 Å². The summed E-state index contributed by atoms with van der Waals surface area (Å²) in [5.74, 6) is 0.811. The molecule has 16 heavy (non-hydrogen) atoms. The highest BCUT2D eigenvalue weighted by atomic mass is 79.9. The van der Waals surface area contributed by atoms with Crippen LogP contribution in [-0.4, -0.2) is 17.3 Å². The molecule has 0 bridgehead atoms. The number of rotatable bonds is 3. The first kappa shape index (κ1) is 11.9. The van der Waals surface area contributed by atoms with E-state index in [-0.39, 0.29) is 0 Å². The average Bonchev–Trinajstić information content (AvgIpc) is 2.64. The summed E-state index contributed by atoms with van der Waals surface area (Å²) in [5, 5.41) is 10.2. The minimum Gasteiger partial charge on any atom is -0.489 e. The van der Waals surface area contributed by atoms with Gasteiger partial charge in [-0.3, -0.25) is 0 Å². The van der Waals surface area contributed by atoms with Crippen molar-refractivity contribution in [2.24, 2.45) is 0 Å². The summed E-state index contributed by atoms with van der Waals surface area (Å²) in [6.07, 6.45) is 3.93. The Labute approximate surface area is 105 Å². The molecule has 3 heteroatoms. The predicted molar refractivity (Wildman–Crippen MR) is 67.8 cm³/mol. The highest BCUT2D eigenvalue weighted by Gasteiger charge is 2.32. The van der Waals surface area contributed by atoms with Gasteiger partial charge < -0.3 is 9.84 Å². The molecule has 1 N–H and O–H groups in total. The molecule has 0 aliphatic heterocycles. The van der Waals surface area contributed by atoms with Crippen LogP contribution in [0, 0.1) is 6.92 Å². The van der Waals surface area contributed by atoms with Crippen LogP contribution >= 0.6 is 15.9 Å². The maximum absolute atomic E-state index is 10.2. The third-order valence-corrected chi connectivity index (χ3v) is 3.74. The predicted octanol–water partition coefficient (Wildman–Crippen LogP) is 3.44. The normalized spacial score (nSPS) is 18.7. The Morgan fingerprint density at radius 3 is 2.69 bits per heavy atom. The van der Waals surface area contributed by atoms with Crippen LogP contribution in [-0.2, 0) is 0 Å². The molecule has 1 aromatic carbocycles. The van der Waals surface area contributed by atoms with E-state index in [9.17, 15) is 5.11 Å². The lowest BCUT2D eigenvalue weighted by Gasteiger charge is -2.22. The van der Waals surface area contributed by atoms with Crippen LogP contribution in [0.3, 0.4) is 0 Å². The van der Waals surface area contributed by atoms with Crippen molar-refractivity contribution in [1.29, 1.82) is 0 Å². The number of hydrogen-bond donors (Lipinski definition) is 1. The zero-order valence-corrected chi connectivity index (χ0v) is 11.1. The zero-order valence-electron chi connectivity index (χ0n) is 9.50. The largest absolute Gasteiger partial charge is 0.489 e. The van der Waals surface area contributed by atoms with Crippen LogP contribution in [0.25, 0.3) is 0 Å². The van der Waals surface area contributed by atoms with Crippen molar-refractivity contribution in [3.05, 3.63) is 28.2 Å². The SMILES string of the molecule is Cc1ccc(OCC2(O)CCCC2)c(Br)c1. The second-order valence-corrected chi connectivity index (χ2v) is 5.51. The van der Waals surface area contributed by atoms with Gasteiger partial charge in [0, 0.05) is 0 Å². The monoisotopic (exact) mass is 284 g/mol. The number of aliphatic hydroxyl groups is 1. The maximum Gasteiger partial charge on any atom is 0.133 e. The van der Waals surface area contributed by atoms with E-state index in [1.807, 2.05) is 25.1 Å². The Kier molecular flexibility index (Phi) is 3.55. The van der Waals surface area contributed by atoms with Crippen molar-refractivity contribution in [3.63, 3.8) is 0 Å². The fourth-order valence-electron chi connectivity index (χ4n) is 2.11. The molecule has 0 saturated heterocycles. The second kappa shape index (κ2) is 4.76. The van der Waals surface area contributed by atoms with Gasteiger partial charge in [0.25, 0.3) is 0 Å². The lowest BCUT2D eigenvalue weighted by atomic mass is 10.0. The molecule has 88 valence electrons. The molecule has 2 rings (SSSR count). The van der Waals surface area contributed by atoms with Crippen molar-refractivity contribution in [2.45, 2.75) is 38.2 Å². The summed E-state index contributed by atoms with van der Waals surface area (Å²) in [6, 6.07) is 5.98. The van der Waals surface area contributed by atoms with Crippen LogP contribution in [0.2, 0.25) is 0 Å². The molecule has 0 heterocycles. The number of ether oxygens (including phenoxy) is 1. The second-order valence-electron chi connectivity index (χ2n) is 4.65. The first-order chi connectivity index (χ1) is 7.59. The first-order valence-electron chi connectivity index (χ1n) is 5.70. The maximum atomic E-state index is 10.2.